The molecule has 5 aromatic rings. The molecule has 0 unspecified atom stereocenters. The minimum absolute atomic E-state index is 0.0179. The lowest BCUT2D eigenvalue weighted by Crippen LogP contribution is -2.05. The largest absolute Gasteiger partial charge is 0.507 e. The van der Waals surface area contributed by atoms with Gasteiger partial charge in [0.25, 0.3) is 0 Å². The van der Waals surface area contributed by atoms with Gasteiger partial charge in [-0.15, -0.1) is 0 Å². The standard InChI is InChI=1S/C30H24O6/c1-35-18-10-17-7-6-16-11-23(32)21(13-20(16)27(17)24(33)12-18)29-19-9-8-15-4-3-5-22(31)28(15)30(19)26(36-2)14-25(29)34/h3-5,8-14,31-34H,6-7H2,1-2H3. The first-order valence-electron chi connectivity index (χ1n) is 11.6. The molecule has 0 radical (unpaired) electrons. The summed E-state index contributed by atoms with van der Waals surface area (Å²) in [6, 6.07) is 17.5. The zero-order chi connectivity index (χ0) is 25.1. The van der Waals surface area contributed by atoms with Gasteiger partial charge in [0, 0.05) is 39.6 Å². The normalized spacial score (nSPS) is 12.4. The smallest absolute Gasteiger partial charge is 0.131 e. The number of fused-ring (bicyclic) bond motifs is 6. The minimum Gasteiger partial charge on any atom is -0.507 e. The Balaban J connectivity index is 1.69. The zero-order valence-corrected chi connectivity index (χ0v) is 19.8. The number of ether oxygens (including phenoxy) is 2. The van der Waals surface area contributed by atoms with Crippen molar-refractivity contribution in [2.24, 2.45) is 0 Å². The molecule has 5 aromatic carbocycles. The van der Waals surface area contributed by atoms with Crippen LogP contribution in [0, 0.1) is 0 Å². The fourth-order valence-corrected chi connectivity index (χ4v) is 5.50. The molecule has 0 heterocycles. The number of aryl methyl sites for hydroxylation is 2. The molecule has 1 aliphatic rings. The summed E-state index contributed by atoms with van der Waals surface area (Å²) >= 11 is 0. The van der Waals surface area contributed by atoms with E-state index in [9.17, 15) is 20.4 Å². The van der Waals surface area contributed by atoms with Gasteiger partial charge in [-0.2, -0.15) is 0 Å². The van der Waals surface area contributed by atoms with Crippen LogP contribution in [0.25, 0.3) is 43.8 Å². The van der Waals surface area contributed by atoms with Crippen molar-refractivity contribution < 1.29 is 29.9 Å². The first-order chi connectivity index (χ1) is 17.4. The molecule has 1 aliphatic carbocycles. The highest BCUT2D eigenvalue weighted by Crippen LogP contribution is 2.51. The predicted molar refractivity (Wildman–Crippen MR) is 139 cm³/mol. The minimum atomic E-state index is -0.0700. The second-order valence-electron chi connectivity index (χ2n) is 9.04. The lowest BCUT2D eigenvalue weighted by atomic mass is 9.82. The average Bonchev–Trinajstić information content (AvgIpc) is 2.87. The van der Waals surface area contributed by atoms with Crippen LogP contribution in [0.15, 0.2) is 60.7 Å². The number of hydrogen-bond acceptors (Lipinski definition) is 6. The molecule has 4 N–H and O–H groups in total. The number of benzene rings is 5. The zero-order valence-electron chi connectivity index (χ0n) is 19.8. The van der Waals surface area contributed by atoms with E-state index in [-0.39, 0.29) is 23.0 Å². The third kappa shape index (κ3) is 3.11. The molecule has 0 saturated heterocycles. The Bertz CT molecular complexity index is 1700. The Hall–Kier alpha value is -4.58. The van der Waals surface area contributed by atoms with Crippen molar-refractivity contribution in [3.8, 4) is 56.8 Å². The Kier molecular flexibility index (Phi) is 4.86. The number of aromatic hydroxyl groups is 4. The van der Waals surface area contributed by atoms with Crippen molar-refractivity contribution in [3.05, 3.63) is 71.8 Å². The fourth-order valence-electron chi connectivity index (χ4n) is 5.50. The molecule has 6 heteroatoms. The molecule has 0 spiro atoms. The van der Waals surface area contributed by atoms with E-state index >= 15 is 0 Å². The predicted octanol–water partition coefficient (Wildman–Crippen LogP) is 6.27. The molecule has 0 bridgehead atoms. The third-order valence-electron chi connectivity index (χ3n) is 7.12. The summed E-state index contributed by atoms with van der Waals surface area (Å²) in [5, 5.41) is 46.5. The van der Waals surface area contributed by atoms with Crippen molar-refractivity contribution in [3.63, 3.8) is 0 Å². The number of phenolic OH excluding ortho intramolecular Hbond substituents is 4. The Morgan fingerprint density at radius 1 is 0.611 bits per heavy atom. The van der Waals surface area contributed by atoms with Crippen LogP contribution < -0.4 is 9.47 Å². The summed E-state index contributed by atoms with van der Waals surface area (Å²) < 4.78 is 10.9. The molecule has 36 heavy (non-hydrogen) atoms. The first-order valence-corrected chi connectivity index (χ1v) is 11.6. The van der Waals surface area contributed by atoms with Crippen LogP contribution in [-0.4, -0.2) is 34.6 Å². The van der Waals surface area contributed by atoms with Crippen LogP contribution in [-0.2, 0) is 12.8 Å². The molecule has 0 amide bonds. The molecule has 0 atom stereocenters. The quantitative estimate of drug-likeness (QED) is 0.227. The molecule has 6 rings (SSSR count). The van der Waals surface area contributed by atoms with Crippen LogP contribution >= 0.6 is 0 Å². The van der Waals surface area contributed by atoms with E-state index in [2.05, 4.69) is 0 Å². The van der Waals surface area contributed by atoms with Gasteiger partial charge in [-0.1, -0.05) is 24.3 Å². The van der Waals surface area contributed by atoms with Gasteiger partial charge in [-0.05, 0) is 64.6 Å². The number of hydrogen-bond donors (Lipinski definition) is 4. The first kappa shape index (κ1) is 21.9. The van der Waals surface area contributed by atoms with E-state index in [1.165, 1.54) is 13.2 Å². The maximum absolute atomic E-state index is 11.1. The van der Waals surface area contributed by atoms with Crippen molar-refractivity contribution in [1.82, 2.24) is 0 Å². The molecule has 0 saturated carbocycles. The van der Waals surface area contributed by atoms with Gasteiger partial charge in [-0.3, -0.25) is 0 Å². The van der Waals surface area contributed by atoms with E-state index in [1.807, 2.05) is 30.3 Å². The lowest BCUT2D eigenvalue weighted by Gasteiger charge is -2.24. The van der Waals surface area contributed by atoms with Crippen molar-refractivity contribution in [2.75, 3.05) is 14.2 Å². The Morgan fingerprint density at radius 3 is 2.17 bits per heavy atom. The van der Waals surface area contributed by atoms with E-state index in [4.69, 9.17) is 9.47 Å². The number of rotatable bonds is 3. The molecule has 0 fully saturated rings. The van der Waals surface area contributed by atoms with Crippen LogP contribution in [0.5, 0.6) is 34.5 Å². The molecule has 0 aliphatic heterocycles. The van der Waals surface area contributed by atoms with Gasteiger partial charge < -0.3 is 29.9 Å². The topological polar surface area (TPSA) is 99.4 Å². The van der Waals surface area contributed by atoms with Crippen LogP contribution in [0.4, 0.5) is 0 Å². The van der Waals surface area contributed by atoms with Crippen molar-refractivity contribution in [2.45, 2.75) is 12.8 Å². The summed E-state index contributed by atoms with van der Waals surface area (Å²) in [6.07, 6.45) is 1.39. The number of methoxy groups -OCH3 is 2. The number of phenols is 4. The van der Waals surface area contributed by atoms with Gasteiger partial charge in [0.15, 0.2) is 0 Å². The summed E-state index contributed by atoms with van der Waals surface area (Å²) in [6.45, 7) is 0. The van der Waals surface area contributed by atoms with Crippen molar-refractivity contribution in [1.29, 1.82) is 0 Å². The Labute approximate surface area is 207 Å². The second kappa shape index (κ2) is 7.99. The van der Waals surface area contributed by atoms with Gasteiger partial charge in [0.2, 0.25) is 0 Å². The maximum Gasteiger partial charge on any atom is 0.131 e. The fraction of sp³-hybridized carbons (Fsp3) is 0.133. The third-order valence-corrected chi connectivity index (χ3v) is 7.12. The molecule has 180 valence electrons. The van der Waals surface area contributed by atoms with E-state index < -0.39 is 0 Å². The highest BCUT2D eigenvalue weighted by molar-refractivity contribution is 6.18. The molecule has 6 nitrogen and oxygen atoms in total. The van der Waals surface area contributed by atoms with Gasteiger partial charge in [0.05, 0.1) is 14.2 Å². The van der Waals surface area contributed by atoms with Gasteiger partial charge in [0.1, 0.15) is 34.5 Å². The molecular formula is C30H24O6. The van der Waals surface area contributed by atoms with E-state index in [1.54, 1.807) is 31.4 Å². The summed E-state index contributed by atoms with van der Waals surface area (Å²) in [5.41, 5.74) is 4.17. The monoisotopic (exact) mass is 480 g/mol. The van der Waals surface area contributed by atoms with Crippen LogP contribution in [0.3, 0.4) is 0 Å². The highest BCUT2D eigenvalue weighted by atomic mass is 16.5. The highest BCUT2D eigenvalue weighted by Gasteiger charge is 2.25. The Morgan fingerprint density at radius 2 is 1.39 bits per heavy atom. The van der Waals surface area contributed by atoms with Gasteiger partial charge >= 0.3 is 0 Å². The van der Waals surface area contributed by atoms with E-state index in [0.29, 0.717) is 57.2 Å². The van der Waals surface area contributed by atoms with Crippen LogP contribution in [0.2, 0.25) is 0 Å². The summed E-state index contributed by atoms with van der Waals surface area (Å²) in [5.74, 6) is 1.13. The average molecular weight is 481 g/mol. The second-order valence-corrected chi connectivity index (χ2v) is 9.04. The SMILES string of the molecule is COc1cc(O)c2c(c1)CCc1cc(O)c(-c3c(O)cc(OC)c4c3ccc3cccc(O)c34)cc1-2. The summed E-state index contributed by atoms with van der Waals surface area (Å²) in [7, 11) is 3.07. The van der Waals surface area contributed by atoms with E-state index in [0.717, 1.165) is 22.1 Å². The lowest BCUT2D eigenvalue weighted by molar-refractivity contribution is 0.407. The summed E-state index contributed by atoms with van der Waals surface area (Å²) in [4.78, 5) is 0. The molecular weight excluding hydrogens is 456 g/mol. The van der Waals surface area contributed by atoms with Crippen molar-refractivity contribution >= 4 is 21.5 Å². The van der Waals surface area contributed by atoms with Gasteiger partial charge in [-0.25, -0.2) is 0 Å². The maximum atomic E-state index is 11.1. The van der Waals surface area contributed by atoms with Crippen LogP contribution in [0.1, 0.15) is 11.1 Å². The molecule has 0 aromatic heterocycles.